The van der Waals surface area contributed by atoms with Crippen LogP contribution in [0.3, 0.4) is 0 Å². The van der Waals surface area contributed by atoms with E-state index in [-0.39, 0.29) is 6.10 Å². The molecule has 2 heteroatoms. The van der Waals surface area contributed by atoms with Gasteiger partial charge in [0.1, 0.15) is 0 Å². The maximum atomic E-state index is 9.25. The van der Waals surface area contributed by atoms with E-state index >= 15 is 0 Å². The second-order valence-corrected chi connectivity index (χ2v) is 2.60. The van der Waals surface area contributed by atoms with Gasteiger partial charge in [0.25, 0.3) is 0 Å². The Kier molecular flexibility index (Phi) is 6.98. The fraction of sp³-hybridized carbons (Fsp3) is 1.00. The summed E-state index contributed by atoms with van der Waals surface area (Å²) in [5, 5.41) is 12.4. The van der Waals surface area contributed by atoms with Gasteiger partial charge in [0, 0.05) is 6.54 Å². The molecule has 0 aliphatic rings. The summed E-state index contributed by atoms with van der Waals surface area (Å²) in [4.78, 5) is 0. The van der Waals surface area contributed by atoms with Gasteiger partial charge in [0.15, 0.2) is 0 Å². The zero-order chi connectivity index (χ0) is 7.82. The number of nitrogens with one attached hydrogen (secondary N) is 1. The van der Waals surface area contributed by atoms with Crippen molar-refractivity contribution in [2.75, 3.05) is 13.1 Å². The van der Waals surface area contributed by atoms with E-state index in [0.29, 0.717) is 0 Å². The molecular formula is C8H19NO. The van der Waals surface area contributed by atoms with Crippen LogP contribution >= 0.6 is 0 Å². The van der Waals surface area contributed by atoms with Crippen molar-refractivity contribution in [1.82, 2.24) is 5.32 Å². The maximum absolute atomic E-state index is 9.25. The van der Waals surface area contributed by atoms with Gasteiger partial charge in [-0.05, 0) is 13.0 Å². The Bertz CT molecular complexity index is 58.3. The van der Waals surface area contributed by atoms with Crippen LogP contribution in [0.2, 0.25) is 0 Å². The molecule has 0 heterocycles. The predicted molar refractivity (Wildman–Crippen MR) is 44.1 cm³/mol. The minimum absolute atomic E-state index is 0.139. The van der Waals surface area contributed by atoms with Crippen LogP contribution in [0.4, 0.5) is 0 Å². The second-order valence-electron chi connectivity index (χ2n) is 2.60. The molecule has 0 spiro atoms. The summed E-state index contributed by atoms with van der Waals surface area (Å²) >= 11 is 0. The lowest BCUT2D eigenvalue weighted by Gasteiger charge is -2.08. The highest BCUT2D eigenvalue weighted by molar-refractivity contribution is 4.57. The van der Waals surface area contributed by atoms with Crippen LogP contribution in [-0.2, 0) is 0 Å². The Balaban J connectivity index is 3.00. The highest BCUT2D eigenvalue weighted by Crippen LogP contribution is 1.98. The number of hydrogen-bond donors (Lipinski definition) is 2. The molecule has 0 saturated carbocycles. The molecule has 1 unspecified atom stereocenters. The third-order valence-electron chi connectivity index (χ3n) is 1.52. The lowest BCUT2D eigenvalue weighted by atomic mass is 10.1. The third kappa shape index (κ3) is 6.05. The summed E-state index contributed by atoms with van der Waals surface area (Å²) < 4.78 is 0. The van der Waals surface area contributed by atoms with Crippen molar-refractivity contribution < 1.29 is 5.11 Å². The van der Waals surface area contributed by atoms with E-state index < -0.39 is 0 Å². The number of likely N-dealkylation sites (N-methyl/N-ethyl adjacent to an activating group) is 1. The molecule has 0 aliphatic heterocycles. The molecule has 2 nitrogen and oxygen atoms in total. The Hall–Kier alpha value is -0.0800. The van der Waals surface area contributed by atoms with Crippen molar-refractivity contribution in [3.8, 4) is 0 Å². The van der Waals surface area contributed by atoms with Crippen molar-refractivity contribution in [3.05, 3.63) is 0 Å². The summed E-state index contributed by atoms with van der Waals surface area (Å²) in [5.74, 6) is 0. The van der Waals surface area contributed by atoms with Crippen LogP contribution < -0.4 is 5.32 Å². The van der Waals surface area contributed by atoms with Gasteiger partial charge in [-0.1, -0.05) is 26.7 Å². The molecule has 0 bridgehead atoms. The molecule has 0 aliphatic carbocycles. The topological polar surface area (TPSA) is 32.3 Å². The number of aliphatic hydroxyl groups excluding tert-OH is 1. The van der Waals surface area contributed by atoms with Crippen LogP contribution in [-0.4, -0.2) is 24.3 Å². The fourth-order valence-corrected chi connectivity index (χ4v) is 0.853. The van der Waals surface area contributed by atoms with E-state index in [1.807, 2.05) is 6.92 Å². The first-order valence-corrected chi connectivity index (χ1v) is 4.20. The SMILES string of the molecule is CCCCC(O)CNCC. The molecule has 0 fully saturated rings. The van der Waals surface area contributed by atoms with Crippen LogP contribution in [0.1, 0.15) is 33.1 Å². The Morgan fingerprint density at radius 3 is 2.60 bits per heavy atom. The summed E-state index contributed by atoms with van der Waals surface area (Å²) in [6.45, 7) is 5.88. The third-order valence-corrected chi connectivity index (χ3v) is 1.52. The Labute approximate surface area is 63.6 Å². The van der Waals surface area contributed by atoms with Crippen molar-refractivity contribution in [2.45, 2.75) is 39.2 Å². The first-order chi connectivity index (χ1) is 4.81. The van der Waals surface area contributed by atoms with Gasteiger partial charge in [0.05, 0.1) is 6.10 Å². The molecule has 0 amide bonds. The fourth-order valence-electron chi connectivity index (χ4n) is 0.853. The van der Waals surface area contributed by atoms with Gasteiger partial charge in [-0.2, -0.15) is 0 Å². The van der Waals surface area contributed by atoms with E-state index in [1.54, 1.807) is 0 Å². The zero-order valence-corrected chi connectivity index (χ0v) is 7.06. The quantitative estimate of drug-likeness (QED) is 0.587. The molecule has 0 aromatic heterocycles. The first-order valence-electron chi connectivity index (χ1n) is 4.20. The predicted octanol–water partition coefficient (Wildman–Crippen LogP) is 1.15. The summed E-state index contributed by atoms with van der Waals surface area (Å²) in [7, 11) is 0. The van der Waals surface area contributed by atoms with E-state index in [1.165, 1.54) is 6.42 Å². The van der Waals surface area contributed by atoms with Crippen molar-refractivity contribution >= 4 is 0 Å². The largest absolute Gasteiger partial charge is 0.392 e. The van der Waals surface area contributed by atoms with E-state index in [0.717, 1.165) is 25.9 Å². The summed E-state index contributed by atoms with van der Waals surface area (Å²) in [5.41, 5.74) is 0. The Morgan fingerprint density at radius 2 is 2.10 bits per heavy atom. The van der Waals surface area contributed by atoms with Crippen LogP contribution in [0.5, 0.6) is 0 Å². The smallest absolute Gasteiger partial charge is 0.0664 e. The molecule has 0 rings (SSSR count). The van der Waals surface area contributed by atoms with Crippen LogP contribution in [0, 0.1) is 0 Å². The number of unbranched alkanes of at least 4 members (excludes halogenated alkanes) is 1. The van der Waals surface area contributed by atoms with Gasteiger partial charge >= 0.3 is 0 Å². The molecule has 0 saturated heterocycles. The highest BCUT2D eigenvalue weighted by atomic mass is 16.3. The average molecular weight is 145 g/mol. The van der Waals surface area contributed by atoms with Gasteiger partial charge in [-0.3, -0.25) is 0 Å². The van der Waals surface area contributed by atoms with Gasteiger partial charge in [0.2, 0.25) is 0 Å². The van der Waals surface area contributed by atoms with E-state index in [9.17, 15) is 5.11 Å². The maximum Gasteiger partial charge on any atom is 0.0664 e. The number of hydrogen-bond acceptors (Lipinski definition) is 2. The lowest BCUT2D eigenvalue weighted by molar-refractivity contribution is 0.159. The minimum Gasteiger partial charge on any atom is -0.392 e. The van der Waals surface area contributed by atoms with Crippen molar-refractivity contribution in [2.24, 2.45) is 0 Å². The van der Waals surface area contributed by atoms with Crippen molar-refractivity contribution in [1.29, 1.82) is 0 Å². The highest BCUT2D eigenvalue weighted by Gasteiger charge is 1.99. The van der Waals surface area contributed by atoms with Gasteiger partial charge < -0.3 is 10.4 Å². The number of rotatable bonds is 6. The molecule has 0 aromatic carbocycles. The minimum atomic E-state index is -0.139. The average Bonchev–Trinajstić information content (AvgIpc) is 1.97. The molecular weight excluding hydrogens is 126 g/mol. The van der Waals surface area contributed by atoms with Gasteiger partial charge in [-0.25, -0.2) is 0 Å². The zero-order valence-electron chi connectivity index (χ0n) is 7.06. The monoisotopic (exact) mass is 145 g/mol. The summed E-state index contributed by atoms with van der Waals surface area (Å²) in [6, 6.07) is 0. The second kappa shape index (κ2) is 7.03. The van der Waals surface area contributed by atoms with E-state index in [2.05, 4.69) is 12.2 Å². The van der Waals surface area contributed by atoms with E-state index in [4.69, 9.17) is 0 Å². The lowest BCUT2D eigenvalue weighted by Crippen LogP contribution is -2.26. The van der Waals surface area contributed by atoms with Crippen LogP contribution in [0.25, 0.3) is 0 Å². The first kappa shape index (κ1) is 9.92. The Morgan fingerprint density at radius 1 is 1.40 bits per heavy atom. The molecule has 1 atom stereocenters. The number of aliphatic hydroxyl groups is 1. The normalized spacial score (nSPS) is 13.5. The molecule has 10 heavy (non-hydrogen) atoms. The molecule has 0 aromatic rings. The molecule has 62 valence electrons. The summed E-state index contributed by atoms with van der Waals surface area (Å²) in [6.07, 6.45) is 3.10. The molecule has 0 radical (unpaired) electrons. The standard InChI is InChI=1S/C8H19NO/c1-3-5-6-8(10)7-9-4-2/h8-10H,3-7H2,1-2H3. The van der Waals surface area contributed by atoms with Gasteiger partial charge in [-0.15, -0.1) is 0 Å². The molecule has 2 N–H and O–H groups in total. The van der Waals surface area contributed by atoms with Crippen LogP contribution in [0.15, 0.2) is 0 Å². The van der Waals surface area contributed by atoms with Crippen molar-refractivity contribution in [3.63, 3.8) is 0 Å².